The number of ether oxygens (including phenoxy) is 1. The molecular weight excluding hydrogens is 418 g/mol. The Morgan fingerprint density at radius 1 is 0.758 bits per heavy atom. The Kier molecular flexibility index (Phi) is 13.6. The van der Waals surface area contributed by atoms with Crippen molar-refractivity contribution in [1.82, 2.24) is 9.97 Å². The van der Waals surface area contributed by atoms with Gasteiger partial charge in [0.2, 0.25) is 0 Å². The van der Waals surface area contributed by atoms with E-state index in [1.165, 1.54) is 63.4 Å². The third kappa shape index (κ3) is 11.6. The predicted octanol–water partition coefficient (Wildman–Crippen LogP) is 8.46. The first-order valence-electron chi connectivity index (χ1n) is 12.9. The SMILES string of the molecule is CCCCCCCCCCCc1cnc(-c2ccc(OCC(F)CCC(F)CC)cc2)nc1. The molecule has 2 rings (SSSR count). The van der Waals surface area contributed by atoms with Gasteiger partial charge in [0.05, 0.1) is 6.17 Å². The zero-order chi connectivity index (χ0) is 23.7. The number of hydrogen-bond acceptors (Lipinski definition) is 3. The molecule has 0 radical (unpaired) electrons. The van der Waals surface area contributed by atoms with Crippen molar-refractivity contribution in [3.05, 3.63) is 42.2 Å². The summed E-state index contributed by atoms with van der Waals surface area (Å²) in [5, 5.41) is 0. The monoisotopic (exact) mass is 460 g/mol. The Labute approximate surface area is 199 Å². The van der Waals surface area contributed by atoms with E-state index in [2.05, 4.69) is 16.9 Å². The number of unbranched alkanes of at least 4 members (excludes halogenated alkanes) is 8. The van der Waals surface area contributed by atoms with Crippen molar-refractivity contribution < 1.29 is 13.5 Å². The zero-order valence-corrected chi connectivity index (χ0v) is 20.6. The van der Waals surface area contributed by atoms with Crippen molar-refractivity contribution >= 4 is 0 Å². The molecule has 0 fully saturated rings. The lowest BCUT2D eigenvalue weighted by Crippen LogP contribution is -2.14. The second-order valence-corrected chi connectivity index (χ2v) is 9.01. The van der Waals surface area contributed by atoms with Crippen LogP contribution in [0.15, 0.2) is 36.7 Å². The van der Waals surface area contributed by atoms with Gasteiger partial charge in [0.25, 0.3) is 0 Å². The summed E-state index contributed by atoms with van der Waals surface area (Å²) in [6, 6.07) is 7.36. The van der Waals surface area contributed by atoms with Crippen molar-refractivity contribution in [2.75, 3.05) is 6.61 Å². The van der Waals surface area contributed by atoms with E-state index in [1.54, 1.807) is 19.1 Å². The quantitative estimate of drug-likeness (QED) is 0.209. The van der Waals surface area contributed by atoms with Gasteiger partial charge in [0.1, 0.15) is 18.5 Å². The molecule has 1 aromatic carbocycles. The number of halogens is 2. The molecule has 2 atom stereocenters. The van der Waals surface area contributed by atoms with Gasteiger partial charge >= 0.3 is 0 Å². The number of hydrogen-bond donors (Lipinski definition) is 0. The molecule has 1 heterocycles. The third-order valence-electron chi connectivity index (χ3n) is 6.05. The summed E-state index contributed by atoms with van der Waals surface area (Å²) in [7, 11) is 0. The van der Waals surface area contributed by atoms with Gasteiger partial charge in [-0.25, -0.2) is 18.7 Å². The minimum absolute atomic E-state index is 0.0557. The fourth-order valence-corrected chi connectivity index (χ4v) is 3.81. The zero-order valence-electron chi connectivity index (χ0n) is 20.6. The normalized spacial score (nSPS) is 13.1. The van der Waals surface area contributed by atoms with Gasteiger partial charge < -0.3 is 4.74 Å². The van der Waals surface area contributed by atoms with Gasteiger partial charge in [-0.15, -0.1) is 0 Å². The van der Waals surface area contributed by atoms with E-state index in [0.29, 0.717) is 18.0 Å². The molecule has 0 N–H and O–H groups in total. The summed E-state index contributed by atoms with van der Waals surface area (Å²) in [4.78, 5) is 9.02. The lowest BCUT2D eigenvalue weighted by atomic mass is 10.1. The average Bonchev–Trinajstić information content (AvgIpc) is 2.85. The molecular formula is C28H42F2N2O. The standard InChI is InChI=1S/C28H42F2N2O/c1-3-5-6-7-8-9-10-11-12-13-23-20-31-28(32-21-23)24-14-18-27(19-15-24)33-22-26(30)17-16-25(29)4-2/h14-15,18-21,25-26H,3-13,16-17,22H2,1-2H3. The molecule has 0 saturated carbocycles. The molecule has 2 unspecified atom stereocenters. The van der Waals surface area contributed by atoms with Crippen LogP contribution in [0.25, 0.3) is 11.4 Å². The van der Waals surface area contributed by atoms with Crippen LogP contribution in [0, 0.1) is 0 Å². The fraction of sp³-hybridized carbons (Fsp3) is 0.643. The molecule has 0 bridgehead atoms. The molecule has 0 amide bonds. The van der Waals surface area contributed by atoms with Gasteiger partial charge in [-0.3, -0.25) is 0 Å². The summed E-state index contributed by atoms with van der Waals surface area (Å²) in [5.74, 6) is 1.27. The van der Waals surface area contributed by atoms with Crippen LogP contribution in [0.3, 0.4) is 0 Å². The van der Waals surface area contributed by atoms with Crippen LogP contribution in [-0.4, -0.2) is 28.9 Å². The van der Waals surface area contributed by atoms with Crippen molar-refractivity contribution in [2.45, 2.75) is 110 Å². The molecule has 0 saturated heterocycles. The van der Waals surface area contributed by atoms with Crippen LogP contribution in [0.4, 0.5) is 8.78 Å². The number of rotatable bonds is 18. The summed E-state index contributed by atoms with van der Waals surface area (Å²) >= 11 is 0. The van der Waals surface area contributed by atoms with E-state index in [0.717, 1.165) is 12.0 Å². The minimum atomic E-state index is -1.16. The van der Waals surface area contributed by atoms with Crippen LogP contribution in [0.5, 0.6) is 5.75 Å². The summed E-state index contributed by atoms with van der Waals surface area (Å²) in [6.45, 7) is 3.97. The third-order valence-corrected chi connectivity index (χ3v) is 6.05. The summed E-state index contributed by atoms with van der Waals surface area (Å²) < 4.78 is 32.6. The van der Waals surface area contributed by atoms with Crippen LogP contribution in [-0.2, 0) is 6.42 Å². The van der Waals surface area contributed by atoms with E-state index in [1.807, 2.05) is 24.5 Å². The highest BCUT2D eigenvalue weighted by atomic mass is 19.1. The maximum Gasteiger partial charge on any atom is 0.159 e. The first-order valence-corrected chi connectivity index (χ1v) is 12.9. The highest BCUT2D eigenvalue weighted by molar-refractivity contribution is 5.55. The number of benzene rings is 1. The number of alkyl halides is 2. The molecule has 0 aliphatic carbocycles. The van der Waals surface area contributed by atoms with Crippen LogP contribution in [0.2, 0.25) is 0 Å². The van der Waals surface area contributed by atoms with Crippen molar-refractivity contribution in [3.63, 3.8) is 0 Å². The lowest BCUT2D eigenvalue weighted by molar-refractivity contribution is 0.170. The first kappa shape index (κ1) is 27.2. The van der Waals surface area contributed by atoms with Gasteiger partial charge in [0, 0.05) is 18.0 Å². The molecule has 0 aliphatic heterocycles. The minimum Gasteiger partial charge on any atom is -0.491 e. The molecule has 0 spiro atoms. The Morgan fingerprint density at radius 2 is 1.33 bits per heavy atom. The molecule has 1 aromatic heterocycles. The second kappa shape index (κ2) is 16.6. The lowest BCUT2D eigenvalue weighted by Gasteiger charge is -2.12. The van der Waals surface area contributed by atoms with E-state index in [9.17, 15) is 8.78 Å². The Morgan fingerprint density at radius 3 is 1.94 bits per heavy atom. The largest absolute Gasteiger partial charge is 0.491 e. The van der Waals surface area contributed by atoms with Gasteiger partial charge in [-0.2, -0.15) is 0 Å². The molecule has 184 valence electrons. The average molecular weight is 461 g/mol. The number of aryl methyl sites for hydroxylation is 1. The Hall–Kier alpha value is -2.04. The second-order valence-electron chi connectivity index (χ2n) is 9.01. The number of nitrogens with zero attached hydrogens (tertiary/aromatic N) is 2. The molecule has 33 heavy (non-hydrogen) atoms. The Bertz CT molecular complexity index is 737. The number of aromatic nitrogens is 2. The molecule has 3 nitrogen and oxygen atoms in total. The van der Waals surface area contributed by atoms with E-state index in [4.69, 9.17) is 4.74 Å². The van der Waals surface area contributed by atoms with Gasteiger partial charge in [-0.05, 0) is 61.9 Å². The highest BCUT2D eigenvalue weighted by Gasteiger charge is 2.12. The topological polar surface area (TPSA) is 35.0 Å². The van der Waals surface area contributed by atoms with Crippen molar-refractivity contribution in [3.8, 4) is 17.1 Å². The van der Waals surface area contributed by atoms with Crippen LogP contribution >= 0.6 is 0 Å². The van der Waals surface area contributed by atoms with Gasteiger partial charge in [0.15, 0.2) is 5.82 Å². The van der Waals surface area contributed by atoms with Crippen LogP contribution < -0.4 is 4.74 Å². The maximum absolute atomic E-state index is 13.9. The van der Waals surface area contributed by atoms with Crippen molar-refractivity contribution in [2.24, 2.45) is 0 Å². The predicted molar refractivity (Wildman–Crippen MR) is 133 cm³/mol. The van der Waals surface area contributed by atoms with E-state index < -0.39 is 12.3 Å². The first-order chi connectivity index (χ1) is 16.1. The fourth-order valence-electron chi connectivity index (χ4n) is 3.81. The maximum atomic E-state index is 13.9. The Balaban J connectivity index is 1.66. The summed E-state index contributed by atoms with van der Waals surface area (Å²) in [6.07, 6.45) is 15.6. The molecule has 0 aliphatic rings. The molecule has 5 heteroatoms. The van der Waals surface area contributed by atoms with Crippen LogP contribution in [0.1, 0.15) is 96.5 Å². The van der Waals surface area contributed by atoms with Crippen molar-refractivity contribution in [1.29, 1.82) is 0 Å². The van der Waals surface area contributed by atoms with Gasteiger partial charge in [-0.1, -0.05) is 65.2 Å². The smallest absolute Gasteiger partial charge is 0.159 e. The summed E-state index contributed by atoms with van der Waals surface area (Å²) in [5.41, 5.74) is 2.08. The highest BCUT2D eigenvalue weighted by Crippen LogP contribution is 2.21. The van der Waals surface area contributed by atoms with E-state index >= 15 is 0 Å². The van der Waals surface area contributed by atoms with E-state index in [-0.39, 0.29) is 19.4 Å². The molecule has 2 aromatic rings.